The summed E-state index contributed by atoms with van der Waals surface area (Å²) in [7, 11) is 0. The number of esters is 2. The number of aliphatic hydroxyl groups excluding tert-OH is 1. The summed E-state index contributed by atoms with van der Waals surface area (Å²) in [6, 6.07) is 0. The molecular weight excluding hydrogens is 456 g/mol. The molecule has 6 rings (SSSR count). The van der Waals surface area contributed by atoms with Crippen LogP contribution in [0.1, 0.15) is 47.0 Å². The molecule has 192 valence electrons. The first-order valence-corrected chi connectivity index (χ1v) is 12.8. The normalized spacial score (nSPS) is 55.7. The van der Waals surface area contributed by atoms with Crippen LogP contribution in [0.25, 0.3) is 0 Å². The second-order valence-electron chi connectivity index (χ2n) is 12.1. The second kappa shape index (κ2) is 7.29. The predicted octanol–water partition coefficient (Wildman–Crippen LogP) is 1.50. The number of ether oxygens (including phenoxy) is 3. The summed E-state index contributed by atoms with van der Waals surface area (Å²) in [6.45, 7) is 6.93. The Labute approximate surface area is 203 Å². The van der Waals surface area contributed by atoms with Crippen LogP contribution in [0, 0.1) is 53.3 Å². The first-order valence-electron chi connectivity index (χ1n) is 12.8. The van der Waals surface area contributed by atoms with Crippen molar-refractivity contribution in [2.45, 2.75) is 76.7 Å². The number of hydrogen-bond donors (Lipinski definition) is 3. The first kappa shape index (κ1) is 23.4. The van der Waals surface area contributed by atoms with E-state index in [9.17, 15) is 29.7 Å². The lowest BCUT2D eigenvalue weighted by Gasteiger charge is -2.57. The van der Waals surface area contributed by atoms with Crippen molar-refractivity contribution in [3.05, 3.63) is 11.6 Å². The number of fused-ring (bicyclic) bond motifs is 9. The number of carboxylic acids is 1. The minimum atomic E-state index is -1.72. The Bertz CT molecular complexity index is 1020. The van der Waals surface area contributed by atoms with Gasteiger partial charge in [-0.05, 0) is 55.8 Å². The average molecular weight is 491 g/mol. The zero-order chi connectivity index (χ0) is 25.2. The van der Waals surface area contributed by atoms with E-state index in [1.54, 1.807) is 6.08 Å². The molecule has 6 aliphatic rings. The number of rotatable bonds is 2. The molecule has 14 atom stereocenters. The molecule has 3 aliphatic carbocycles. The Morgan fingerprint density at radius 2 is 1.91 bits per heavy atom. The topological polar surface area (TPSA) is 140 Å². The molecule has 3 N–H and O–H groups in total. The SMILES string of the molecule is CC(=O)O[C@H]1[C@H](C)[C@@H](O)[C@H]2[C@@H]1C=C(C(=O)O)[C@H]1C[C@@H]3[C@H]([C@H]21)[C@H]1C(=O)O[C@H]2CC[C@]3(C)O[C@]1(O)C2C. The van der Waals surface area contributed by atoms with Crippen molar-refractivity contribution in [3.63, 3.8) is 0 Å². The lowest BCUT2D eigenvalue weighted by molar-refractivity contribution is -0.369. The van der Waals surface area contributed by atoms with Crippen molar-refractivity contribution in [2.75, 3.05) is 0 Å². The van der Waals surface area contributed by atoms with Gasteiger partial charge in [0.2, 0.25) is 0 Å². The van der Waals surface area contributed by atoms with Crippen LogP contribution in [0.3, 0.4) is 0 Å². The molecule has 1 unspecified atom stereocenters. The van der Waals surface area contributed by atoms with Crippen LogP contribution >= 0.6 is 0 Å². The van der Waals surface area contributed by atoms with E-state index in [-0.39, 0.29) is 11.5 Å². The molecule has 0 aromatic rings. The maximum absolute atomic E-state index is 13.4. The van der Waals surface area contributed by atoms with Crippen LogP contribution in [-0.2, 0) is 28.6 Å². The zero-order valence-corrected chi connectivity index (χ0v) is 20.4. The minimum absolute atomic E-state index is 0.184. The highest BCUT2D eigenvalue weighted by atomic mass is 16.7. The van der Waals surface area contributed by atoms with Gasteiger partial charge in [-0.15, -0.1) is 0 Å². The van der Waals surface area contributed by atoms with Crippen LogP contribution in [0.5, 0.6) is 0 Å². The van der Waals surface area contributed by atoms with Crippen LogP contribution in [-0.4, -0.2) is 62.9 Å². The van der Waals surface area contributed by atoms with Crippen LogP contribution in [0.15, 0.2) is 11.6 Å². The van der Waals surface area contributed by atoms with E-state index in [0.29, 0.717) is 19.3 Å². The van der Waals surface area contributed by atoms with Gasteiger partial charge in [0.1, 0.15) is 18.1 Å². The summed E-state index contributed by atoms with van der Waals surface area (Å²) >= 11 is 0. The minimum Gasteiger partial charge on any atom is -0.478 e. The van der Waals surface area contributed by atoms with Crippen molar-refractivity contribution in [1.82, 2.24) is 0 Å². The number of carboxylic acid groups (broad SMARTS) is 1. The van der Waals surface area contributed by atoms with E-state index in [1.807, 2.05) is 20.8 Å². The molecule has 5 fully saturated rings. The highest BCUT2D eigenvalue weighted by Crippen LogP contribution is 2.68. The number of carbonyl (C=O) groups is 3. The predicted molar refractivity (Wildman–Crippen MR) is 118 cm³/mol. The van der Waals surface area contributed by atoms with Gasteiger partial charge in [-0.1, -0.05) is 19.9 Å². The van der Waals surface area contributed by atoms with E-state index in [4.69, 9.17) is 14.2 Å². The Kier molecular flexibility index (Phi) is 4.88. The smallest absolute Gasteiger partial charge is 0.331 e. The largest absolute Gasteiger partial charge is 0.478 e. The first-order chi connectivity index (χ1) is 16.4. The zero-order valence-electron chi connectivity index (χ0n) is 20.4. The van der Waals surface area contributed by atoms with Crippen LogP contribution < -0.4 is 0 Å². The van der Waals surface area contributed by atoms with E-state index in [2.05, 4.69) is 0 Å². The van der Waals surface area contributed by atoms with Gasteiger partial charge in [-0.2, -0.15) is 0 Å². The van der Waals surface area contributed by atoms with Gasteiger partial charge in [-0.3, -0.25) is 9.59 Å². The third-order valence-corrected chi connectivity index (χ3v) is 10.6. The fourth-order valence-corrected chi connectivity index (χ4v) is 9.12. The quantitative estimate of drug-likeness (QED) is 0.491. The van der Waals surface area contributed by atoms with Crippen molar-refractivity contribution in [3.8, 4) is 0 Å². The van der Waals surface area contributed by atoms with Gasteiger partial charge >= 0.3 is 17.9 Å². The number of hydrogen-bond acceptors (Lipinski definition) is 8. The molecule has 0 aromatic carbocycles. The van der Waals surface area contributed by atoms with Gasteiger partial charge < -0.3 is 29.5 Å². The molecule has 3 saturated heterocycles. The Hall–Kier alpha value is -1.97. The Morgan fingerprint density at radius 1 is 1.20 bits per heavy atom. The summed E-state index contributed by atoms with van der Waals surface area (Å²) in [4.78, 5) is 37.8. The van der Waals surface area contributed by atoms with Crippen LogP contribution in [0.4, 0.5) is 0 Å². The molecule has 2 saturated carbocycles. The van der Waals surface area contributed by atoms with E-state index < -0.39 is 95.0 Å². The molecule has 9 heteroatoms. The molecule has 0 radical (unpaired) electrons. The van der Waals surface area contributed by atoms with E-state index in [1.165, 1.54) is 6.92 Å². The summed E-state index contributed by atoms with van der Waals surface area (Å²) in [5, 5.41) is 33.6. The highest BCUT2D eigenvalue weighted by molar-refractivity contribution is 5.88. The van der Waals surface area contributed by atoms with Crippen molar-refractivity contribution in [1.29, 1.82) is 0 Å². The number of aliphatic carboxylic acids is 1. The molecule has 0 spiro atoms. The van der Waals surface area contributed by atoms with Crippen molar-refractivity contribution >= 4 is 17.9 Å². The second-order valence-corrected chi connectivity index (χ2v) is 12.1. The molecule has 0 aromatic heterocycles. The summed E-state index contributed by atoms with van der Waals surface area (Å²) in [6.07, 6.45) is 1.38. The number of aliphatic hydroxyl groups is 2. The molecule has 3 bridgehead atoms. The third-order valence-electron chi connectivity index (χ3n) is 10.6. The monoisotopic (exact) mass is 490 g/mol. The molecule has 0 amide bonds. The Morgan fingerprint density at radius 3 is 2.57 bits per heavy atom. The highest BCUT2D eigenvalue weighted by Gasteiger charge is 2.74. The molecule has 35 heavy (non-hydrogen) atoms. The van der Waals surface area contributed by atoms with Crippen LogP contribution in [0.2, 0.25) is 0 Å². The third kappa shape index (κ3) is 2.89. The van der Waals surface area contributed by atoms with E-state index in [0.717, 1.165) is 0 Å². The maximum atomic E-state index is 13.4. The van der Waals surface area contributed by atoms with Crippen molar-refractivity contribution in [2.24, 2.45) is 53.3 Å². The average Bonchev–Trinajstić information content (AvgIpc) is 3.26. The summed E-state index contributed by atoms with van der Waals surface area (Å²) in [5.41, 5.74) is -0.518. The van der Waals surface area contributed by atoms with Gasteiger partial charge in [0.15, 0.2) is 5.79 Å². The van der Waals surface area contributed by atoms with Gasteiger partial charge in [0.25, 0.3) is 0 Å². The fraction of sp³-hybridized carbons (Fsp3) is 0.808. The number of carbonyl (C=O) groups excluding carboxylic acids is 2. The fourth-order valence-electron chi connectivity index (χ4n) is 9.12. The summed E-state index contributed by atoms with van der Waals surface area (Å²) in [5.74, 6) is -7.87. The van der Waals surface area contributed by atoms with E-state index >= 15 is 0 Å². The van der Waals surface area contributed by atoms with Gasteiger partial charge in [0.05, 0.1) is 11.7 Å². The molecule has 3 aliphatic heterocycles. The standard InChI is InChI=1S/C26H34O9/c1-9-21(28)18-14(22(9)33-11(3)27)7-13(23(29)30)12-8-15-19(17(12)18)20-24(31)34-16-5-6-25(15,4)35-26(20,32)10(16)2/h7,9-10,12,14-22,28,32H,5-6,8H2,1-4H3,(H,29,30)/t9-,10?,12-,14+,15-,16+,17+,18+,19-,20+,21-,22+,25+,26-/m1/s1. The maximum Gasteiger partial charge on any atom is 0.331 e. The molecule has 3 heterocycles. The lowest BCUT2D eigenvalue weighted by atomic mass is 9.59. The van der Waals surface area contributed by atoms with Gasteiger partial charge in [0, 0.05) is 30.3 Å². The lowest BCUT2D eigenvalue weighted by Crippen LogP contribution is -2.68. The van der Waals surface area contributed by atoms with Gasteiger partial charge in [-0.25, -0.2) is 4.79 Å². The Balaban J connectivity index is 1.52. The van der Waals surface area contributed by atoms with Crippen molar-refractivity contribution < 1.29 is 43.9 Å². The summed E-state index contributed by atoms with van der Waals surface area (Å²) < 4.78 is 17.9. The molecular formula is C26H34O9. The molecule has 9 nitrogen and oxygen atoms in total.